The molecule has 0 aromatic heterocycles. The molecule has 6 rings (SSSR count). The summed E-state index contributed by atoms with van der Waals surface area (Å²) in [5.41, 5.74) is 0.153. The molecule has 2 heterocycles. The standard InChI is InChI=1S/C28H21NO6/c1-15-8-7-9-16(14-15)23-21-22(27(33)29(26(21)32)19-12-5-6-13-20(19)34-2)28(35-23)24(30)17-10-3-4-11-18(17)25(28)31/h3-14,21-23H,1-2H3/t21-,22-,23-/m1/s1. The fourth-order valence-electron chi connectivity index (χ4n) is 5.72. The number of rotatable bonds is 3. The number of hydrogen-bond donors (Lipinski definition) is 0. The highest BCUT2D eigenvalue weighted by atomic mass is 16.5. The van der Waals surface area contributed by atoms with Gasteiger partial charge in [0.2, 0.25) is 29.0 Å². The van der Waals surface area contributed by atoms with E-state index in [0.29, 0.717) is 11.3 Å². The molecule has 0 saturated carbocycles. The molecule has 2 saturated heterocycles. The highest BCUT2D eigenvalue weighted by molar-refractivity contribution is 6.37. The first kappa shape index (κ1) is 21.4. The van der Waals surface area contributed by atoms with Gasteiger partial charge in [-0.25, -0.2) is 4.90 Å². The van der Waals surface area contributed by atoms with Gasteiger partial charge in [-0.2, -0.15) is 0 Å². The summed E-state index contributed by atoms with van der Waals surface area (Å²) in [4.78, 5) is 56.5. The van der Waals surface area contributed by atoms with Gasteiger partial charge in [-0.15, -0.1) is 0 Å². The minimum atomic E-state index is -2.09. The number of amides is 2. The maximum Gasteiger partial charge on any atom is 0.241 e. The molecule has 0 bridgehead atoms. The third-order valence-electron chi connectivity index (χ3n) is 7.22. The van der Waals surface area contributed by atoms with Crippen LogP contribution in [0.5, 0.6) is 5.75 Å². The average Bonchev–Trinajstić information content (AvgIpc) is 3.44. The molecule has 7 nitrogen and oxygen atoms in total. The summed E-state index contributed by atoms with van der Waals surface area (Å²) < 4.78 is 11.7. The van der Waals surface area contributed by atoms with Gasteiger partial charge in [-0.1, -0.05) is 66.2 Å². The predicted octanol–water partition coefficient (Wildman–Crippen LogP) is 3.70. The van der Waals surface area contributed by atoms with Gasteiger partial charge < -0.3 is 9.47 Å². The van der Waals surface area contributed by atoms with Crippen LogP contribution in [-0.2, 0) is 14.3 Å². The number of nitrogens with zero attached hydrogens (tertiary/aromatic N) is 1. The van der Waals surface area contributed by atoms with Gasteiger partial charge in [0, 0.05) is 11.1 Å². The second-order valence-corrected chi connectivity index (χ2v) is 9.08. The van der Waals surface area contributed by atoms with Crippen LogP contribution in [0.3, 0.4) is 0 Å². The number of imide groups is 1. The molecular weight excluding hydrogens is 446 g/mol. The van der Waals surface area contributed by atoms with Gasteiger partial charge >= 0.3 is 0 Å². The van der Waals surface area contributed by atoms with Crippen LogP contribution < -0.4 is 9.64 Å². The van der Waals surface area contributed by atoms with Crippen LogP contribution in [0, 0.1) is 18.8 Å². The van der Waals surface area contributed by atoms with Gasteiger partial charge in [-0.05, 0) is 24.6 Å². The summed E-state index contributed by atoms with van der Waals surface area (Å²) in [7, 11) is 1.45. The van der Waals surface area contributed by atoms with E-state index in [-0.39, 0.29) is 16.8 Å². The number of para-hydroxylation sites is 2. The maximum atomic E-state index is 14.0. The number of carbonyl (C=O) groups is 4. The molecule has 3 aliphatic rings. The van der Waals surface area contributed by atoms with Crippen LogP contribution in [0.25, 0.3) is 0 Å². The first-order valence-electron chi connectivity index (χ1n) is 11.3. The Morgan fingerprint density at radius 2 is 1.49 bits per heavy atom. The van der Waals surface area contributed by atoms with Crippen molar-refractivity contribution in [3.8, 4) is 5.75 Å². The Bertz CT molecular complexity index is 1410. The SMILES string of the molecule is COc1ccccc1N1C(=O)[C@H]2[C@@H](c3cccc(C)c3)OC3(C(=O)c4ccccc4C3=O)[C@H]2C1=O. The van der Waals surface area contributed by atoms with Crippen LogP contribution in [0.4, 0.5) is 5.69 Å². The van der Waals surface area contributed by atoms with Crippen molar-refractivity contribution < 1.29 is 28.7 Å². The number of hydrogen-bond acceptors (Lipinski definition) is 6. The number of ether oxygens (including phenoxy) is 2. The van der Waals surface area contributed by atoms with Gasteiger partial charge in [0.05, 0.1) is 30.7 Å². The van der Waals surface area contributed by atoms with Crippen molar-refractivity contribution in [1.29, 1.82) is 0 Å². The van der Waals surface area contributed by atoms with Gasteiger partial charge in [0.15, 0.2) is 0 Å². The molecule has 3 atom stereocenters. The summed E-state index contributed by atoms with van der Waals surface area (Å²) in [6.07, 6.45) is -0.946. The second-order valence-electron chi connectivity index (χ2n) is 9.08. The molecule has 2 amide bonds. The lowest BCUT2D eigenvalue weighted by Gasteiger charge is -2.27. The smallest absolute Gasteiger partial charge is 0.241 e. The zero-order chi connectivity index (χ0) is 24.5. The summed E-state index contributed by atoms with van der Waals surface area (Å²) >= 11 is 0. The molecule has 1 spiro atoms. The first-order valence-corrected chi connectivity index (χ1v) is 11.3. The molecule has 3 aromatic carbocycles. The molecule has 7 heteroatoms. The van der Waals surface area contributed by atoms with Crippen LogP contribution in [0.1, 0.15) is 37.9 Å². The maximum absolute atomic E-state index is 14.0. The Kier molecular flexibility index (Phi) is 4.56. The molecule has 3 aromatic rings. The van der Waals surface area contributed by atoms with Crippen molar-refractivity contribution in [2.75, 3.05) is 12.0 Å². The van der Waals surface area contributed by atoms with E-state index in [1.54, 1.807) is 54.6 Å². The van der Waals surface area contributed by atoms with E-state index in [9.17, 15) is 19.2 Å². The van der Waals surface area contributed by atoms with E-state index < -0.39 is 46.9 Å². The number of Topliss-reactive ketones (excluding diaryl/α,β-unsaturated/α-hetero) is 2. The molecule has 1 aliphatic carbocycles. The number of methoxy groups -OCH3 is 1. The second kappa shape index (κ2) is 7.45. The summed E-state index contributed by atoms with van der Waals surface area (Å²) in [6, 6.07) is 20.5. The minimum Gasteiger partial charge on any atom is -0.495 e. The predicted molar refractivity (Wildman–Crippen MR) is 125 cm³/mol. The lowest BCUT2D eigenvalue weighted by molar-refractivity contribution is -0.127. The van der Waals surface area contributed by atoms with Crippen LogP contribution in [-0.4, -0.2) is 36.1 Å². The zero-order valence-corrected chi connectivity index (χ0v) is 19.1. The number of anilines is 1. The number of ketones is 2. The fourth-order valence-corrected chi connectivity index (χ4v) is 5.72. The lowest BCUT2D eigenvalue weighted by Crippen LogP contribution is -2.51. The Balaban J connectivity index is 1.56. The van der Waals surface area contributed by atoms with E-state index in [2.05, 4.69) is 0 Å². The van der Waals surface area contributed by atoms with Crippen molar-refractivity contribution >= 4 is 29.1 Å². The van der Waals surface area contributed by atoms with E-state index in [0.717, 1.165) is 10.5 Å². The highest BCUT2D eigenvalue weighted by Gasteiger charge is 2.74. The molecule has 0 radical (unpaired) electrons. The number of aryl methyl sites for hydroxylation is 1. The van der Waals surface area contributed by atoms with E-state index in [1.807, 2.05) is 25.1 Å². The van der Waals surface area contributed by atoms with Gasteiger partial charge in [0.25, 0.3) is 0 Å². The Labute approximate surface area is 201 Å². The van der Waals surface area contributed by atoms with Crippen LogP contribution in [0.2, 0.25) is 0 Å². The number of benzene rings is 3. The topological polar surface area (TPSA) is 90.0 Å². The number of fused-ring (bicyclic) bond motifs is 3. The molecule has 0 unspecified atom stereocenters. The fraction of sp³-hybridized carbons (Fsp3) is 0.214. The van der Waals surface area contributed by atoms with Crippen LogP contribution in [0.15, 0.2) is 72.8 Å². The number of carbonyl (C=O) groups excluding carboxylic acids is 4. The summed E-state index contributed by atoms with van der Waals surface area (Å²) in [6.45, 7) is 1.90. The van der Waals surface area contributed by atoms with Crippen molar-refractivity contribution in [2.45, 2.75) is 18.6 Å². The average molecular weight is 467 g/mol. The lowest BCUT2D eigenvalue weighted by atomic mass is 9.77. The third kappa shape index (κ3) is 2.70. The molecule has 35 heavy (non-hydrogen) atoms. The minimum absolute atomic E-state index is 0.206. The molecule has 2 aliphatic heterocycles. The van der Waals surface area contributed by atoms with E-state index in [4.69, 9.17) is 9.47 Å². The molecule has 2 fully saturated rings. The van der Waals surface area contributed by atoms with Crippen LogP contribution >= 0.6 is 0 Å². The third-order valence-corrected chi connectivity index (χ3v) is 7.22. The molecular formula is C28H21NO6. The quantitative estimate of drug-likeness (QED) is 0.431. The Morgan fingerprint density at radius 3 is 2.14 bits per heavy atom. The highest BCUT2D eigenvalue weighted by Crippen LogP contribution is 2.58. The summed E-state index contributed by atoms with van der Waals surface area (Å²) in [5.74, 6) is -4.32. The summed E-state index contributed by atoms with van der Waals surface area (Å²) in [5, 5.41) is 0. The van der Waals surface area contributed by atoms with Crippen molar-refractivity contribution in [3.63, 3.8) is 0 Å². The Morgan fingerprint density at radius 1 is 0.829 bits per heavy atom. The molecule has 0 N–H and O–H groups in total. The zero-order valence-electron chi connectivity index (χ0n) is 19.1. The molecule has 174 valence electrons. The normalized spacial score (nSPS) is 24.3. The van der Waals surface area contributed by atoms with Crippen molar-refractivity contribution in [3.05, 3.63) is 95.1 Å². The van der Waals surface area contributed by atoms with E-state index in [1.165, 1.54) is 7.11 Å². The monoisotopic (exact) mass is 467 g/mol. The van der Waals surface area contributed by atoms with Gasteiger partial charge in [0.1, 0.15) is 5.75 Å². The van der Waals surface area contributed by atoms with Gasteiger partial charge in [-0.3, -0.25) is 19.2 Å². The largest absolute Gasteiger partial charge is 0.495 e. The first-order chi connectivity index (χ1) is 16.9. The van der Waals surface area contributed by atoms with Crippen molar-refractivity contribution in [1.82, 2.24) is 0 Å². The Hall–Kier alpha value is -4.10. The van der Waals surface area contributed by atoms with Crippen molar-refractivity contribution in [2.24, 2.45) is 11.8 Å². The van der Waals surface area contributed by atoms with E-state index >= 15 is 0 Å².